The predicted molar refractivity (Wildman–Crippen MR) is 62.3 cm³/mol. The van der Waals surface area contributed by atoms with E-state index in [1.807, 2.05) is 6.07 Å². The van der Waals surface area contributed by atoms with E-state index in [1.165, 1.54) is 11.3 Å². The van der Waals surface area contributed by atoms with Gasteiger partial charge in [0.2, 0.25) is 0 Å². The molecule has 5 N–H and O–H groups in total. The van der Waals surface area contributed by atoms with Crippen LogP contribution in [0.5, 0.6) is 0 Å². The molecule has 0 saturated carbocycles. The first kappa shape index (κ1) is 14.1. The number of nitrogens with one attached hydrogen (secondary N) is 1. The van der Waals surface area contributed by atoms with Crippen molar-refractivity contribution >= 4 is 11.5 Å². The molecule has 3 rings (SSSR count). The Labute approximate surface area is 111 Å². The van der Waals surface area contributed by atoms with E-state index in [1.54, 1.807) is 0 Å². The maximum absolute atomic E-state index is 11.8. The molecule has 0 unspecified atom stereocenters. The number of ketones is 1. The zero-order chi connectivity index (χ0) is 10.4. The van der Waals surface area contributed by atoms with Gasteiger partial charge in [0.25, 0.3) is 0 Å². The van der Waals surface area contributed by atoms with Crippen LogP contribution in [0.25, 0.3) is 0 Å². The second kappa shape index (κ2) is 5.10. The number of carbonyl (C=O) groups excluding carboxylic acids is 1. The molecule has 93 valence electrons. The number of fused-ring (bicyclic) bond motifs is 2. The van der Waals surface area contributed by atoms with Crippen molar-refractivity contribution in [2.75, 3.05) is 11.9 Å². The molecule has 17 heavy (non-hydrogen) atoms. The van der Waals surface area contributed by atoms with Crippen LogP contribution in [0.1, 0.15) is 27.9 Å². The molecule has 0 bridgehead atoms. The van der Waals surface area contributed by atoms with Gasteiger partial charge in [-0.1, -0.05) is 18.9 Å². The van der Waals surface area contributed by atoms with Crippen LogP contribution in [0.4, 0.5) is 5.69 Å². The van der Waals surface area contributed by atoms with Crippen molar-refractivity contribution in [1.82, 2.24) is 0 Å². The van der Waals surface area contributed by atoms with E-state index in [-0.39, 0.29) is 28.3 Å². The average molecular weight is 274 g/mol. The van der Waals surface area contributed by atoms with Gasteiger partial charge in [-0.15, -0.1) is 23.2 Å². The number of anilines is 1. The summed E-state index contributed by atoms with van der Waals surface area (Å²) in [4.78, 5) is 11.8. The minimum Gasteiger partial charge on any atom is -0.412 e. The van der Waals surface area contributed by atoms with Crippen LogP contribution in [-0.2, 0) is 29.9 Å². The molecule has 1 aliphatic heterocycles. The molecule has 0 spiro atoms. The minimum absolute atomic E-state index is 0. The van der Waals surface area contributed by atoms with Crippen LogP contribution in [0.2, 0.25) is 0 Å². The Kier molecular flexibility index (Phi) is 4.22. The van der Waals surface area contributed by atoms with Gasteiger partial charge in [0.05, 0.1) is 0 Å². The van der Waals surface area contributed by atoms with Crippen LogP contribution < -0.4 is 11.1 Å². The third-order valence-electron chi connectivity index (χ3n) is 3.24. The molecular formula is C12H15MnN2O2-. The Morgan fingerprint density at radius 2 is 2.00 bits per heavy atom. The number of rotatable bonds is 0. The summed E-state index contributed by atoms with van der Waals surface area (Å²) in [5.41, 5.74) is 10.1. The van der Waals surface area contributed by atoms with Gasteiger partial charge in [-0.3, -0.25) is 0 Å². The van der Waals surface area contributed by atoms with Gasteiger partial charge in [0.1, 0.15) is 0 Å². The van der Waals surface area contributed by atoms with Crippen molar-refractivity contribution in [2.24, 2.45) is 5.73 Å². The smallest absolute Gasteiger partial charge is 0.0412 e. The Hall–Kier alpha value is -1.00. The molecule has 1 heterocycles. The van der Waals surface area contributed by atoms with Crippen molar-refractivity contribution in [3.63, 3.8) is 0 Å². The van der Waals surface area contributed by atoms with Gasteiger partial charge in [-0.25, -0.2) is 0 Å². The molecule has 0 aromatic heterocycles. The first-order chi connectivity index (χ1) is 7.25. The minimum atomic E-state index is 0. The summed E-state index contributed by atoms with van der Waals surface area (Å²) in [7, 11) is 0. The second-order valence-electron chi connectivity index (χ2n) is 4.20. The summed E-state index contributed by atoms with van der Waals surface area (Å²) in [6.07, 6.45) is 2.60. The monoisotopic (exact) mass is 274 g/mol. The van der Waals surface area contributed by atoms with E-state index in [2.05, 4.69) is 11.4 Å². The molecule has 4 nitrogen and oxygen atoms in total. The first-order valence-electron chi connectivity index (χ1n) is 5.31. The summed E-state index contributed by atoms with van der Waals surface area (Å²) < 4.78 is 0. The van der Waals surface area contributed by atoms with Gasteiger partial charge in [0, 0.05) is 35.1 Å². The number of nitrogens with two attached hydrogens (primary N) is 1. The third kappa shape index (κ3) is 2.19. The van der Waals surface area contributed by atoms with Crippen LogP contribution in [0.3, 0.4) is 0 Å². The summed E-state index contributed by atoms with van der Waals surface area (Å²) in [5, 5.41) is 3.33. The number of hydrogen-bond donors (Lipinski definition) is 2. The van der Waals surface area contributed by atoms with E-state index < -0.39 is 0 Å². The quantitative estimate of drug-likeness (QED) is 0.532. The zero-order valence-electron chi connectivity index (χ0n) is 9.35. The van der Waals surface area contributed by atoms with E-state index >= 15 is 0 Å². The number of carbonyl (C=O) groups is 1. The fourth-order valence-electron chi connectivity index (χ4n) is 2.37. The van der Waals surface area contributed by atoms with Gasteiger partial charge < -0.3 is 21.3 Å². The average Bonchev–Trinajstić information content (AvgIpc) is 2.68. The summed E-state index contributed by atoms with van der Waals surface area (Å²) in [6, 6.07) is 4.63. The topological polar surface area (TPSA) is 86.6 Å². The molecule has 1 aromatic rings. The van der Waals surface area contributed by atoms with E-state index in [0.717, 1.165) is 30.5 Å². The van der Waals surface area contributed by atoms with Crippen LogP contribution in [0.15, 0.2) is 12.1 Å². The van der Waals surface area contributed by atoms with Crippen LogP contribution in [0, 0.1) is 6.04 Å². The third-order valence-corrected chi connectivity index (χ3v) is 3.24. The molecule has 1 radical (unpaired) electrons. The van der Waals surface area contributed by atoms with Gasteiger partial charge in [0.15, 0.2) is 0 Å². The number of hydrogen-bond acceptors (Lipinski definition) is 3. The largest absolute Gasteiger partial charge is 0.412 e. The SMILES string of the molecule is N[C-]1CCc2cc3c(cc2C1=O)CCN3.O.[Mn]. The zero-order valence-corrected chi connectivity index (χ0v) is 10.5. The van der Waals surface area contributed by atoms with E-state index in [9.17, 15) is 4.79 Å². The Morgan fingerprint density at radius 1 is 1.24 bits per heavy atom. The Morgan fingerprint density at radius 3 is 2.76 bits per heavy atom. The summed E-state index contributed by atoms with van der Waals surface area (Å²) in [5.74, 6) is 0.0333. The molecule has 2 aliphatic rings. The molecule has 0 amide bonds. The van der Waals surface area contributed by atoms with E-state index in [4.69, 9.17) is 5.73 Å². The Balaban J connectivity index is 0.000000722. The number of Topliss-reactive ketones (excluding diaryl/α,β-unsaturated/α-hetero) is 1. The predicted octanol–water partition coefficient (Wildman–Crippen LogP) is 0.447. The van der Waals surface area contributed by atoms with Crippen LogP contribution in [-0.4, -0.2) is 17.8 Å². The van der Waals surface area contributed by atoms with Crippen molar-refractivity contribution in [1.29, 1.82) is 0 Å². The maximum atomic E-state index is 11.8. The van der Waals surface area contributed by atoms with Crippen molar-refractivity contribution in [3.05, 3.63) is 34.9 Å². The number of benzene rings is 1. The maximum Gasteiger partial charge on any atom is 0.0412 e. The van der Waals surface area contributed by atoms with Crippen LogP contribution >= 0.6 is 0 Å². The standard InChI is InChI=1S/C12H13N2O.Mn.H2O/c13-10-2-1-7-6-11-8(3-4-14-11)5-9(7)12(10)15;;/h5-6,14H,1-4,13H2;;1H2/q-1;;. The molecule has 0 fully saturated rings. The van der Waals surface area contributed by atoms with Crippen molar-refractivity contribution < 1.29 is 27.3 Å². The molecule has 1 aliphatic carbocycles. The number of aryl methyl sites for hydroxylation is 1. The molecule has 1 aromatic carbocycles. The first-order valence-corrected chi connectivity index (χ1v) is 5.31. The van der Waals surface area contributed by atoms with E-state index in [0.29, 0.717) is 12.5 Å². The molecule has 5 heteroatoms. The molecule has 0 saturated heterocycles. The normalized spacial score (nSPS) is 16.3. The van der Waals surface area contributed by atoms with Crippen molar-refractivity contribution in [3.8, 4) is 0 Å². The molecule has 0 atom stereocenters. The summed E-state index contributed by atoms with van der Waals surface area (Å²) >= 11 is 0. The van der Waals surface area contributed by atoms with Crippen molar-refractivity contribution in [2.45, 2.75) is 19.3 Å². The second-order valence-corrected chi connectivity index (χ2v) is 4.20. The fourth-order valence-corrected chi connectivity index (χ4v) is 2.37. The summed E-state index contributed by atoms with van der Waals surface area (Å²) in [6.45, 7) is 0.978. The van der Waals surface area contributed by atoms with Gasteiger partial charge in [-0.2, -0.15) is 0 Å². The van der Waals surface area contributed by atoms with Gasteiger partial charge >= 0.3 is 0 Å². The Bertz CT molecular complexity index is 448. The fraction of sp³-hybridized carbons (Fsp3) is 0.333. The molecular weight excluding hydrogens is 259 g/mol. The van der Waals surface area contributed by atoms with Gasteiger partial charge in [-0.05, 0) is 12.0 Å².